The Bertz CT molecular complexity index is 445. The Morgan fingerprint density at radius 2 is 2.06 bits per heavy atom. The first-order chi connectivity index (χ1) is 8.46. The number of rotatable bonds is 2. The second-order valence-corrected chi connectivity index (χ2v) is 5.10. The standard InChI is InChI=1S/C13H18N2O2S/c1-9-8-14-12(18)15(13(9,2)16)10-4-6-11(17-3)7-5-10/h4-7,9,16H,8H2,1-3H3,(H,14,18). The predicted octanol–water partition coefficient (Wildman–Crippen LogP) is 1.73. The highest BCUT2D eigenvalue weighted by atomic mass is 32.1. The lowest BCUT2D eigenvalue weighted by atomic mass is 9.95. The highest BCUT2D eigenvalue weighted by Crippen LogP contribution is 2.31. The lowest BCUT2D eigenvalue weighted by Crippen LogP contribution is -2.64. The summed E-state index contributed by atoms with van der Waals surface area (Å²) in [6, 6.07) is 7.49. The van der Waals surface area contributed by atoms with Crippen molar-refractivity contribution in [3.05, 3.63) is 24.3 Å². The number of ether oxygens (including phenoxy) is 1. The van der Waals surface area contributed by atoms with E-state index in [1.54, 1.807) is 18.9 Å². The van der Waals surface area contributed by atoms with Gasteiger partial charge in [-0.3, -0.25) is 4.90 Å². The first-order valence-electron chi connectivity index (χ1n) is 5.91. The molecule has 0 saturated carbocycles. The molecule has 0 amide bonds. The Labute approximate surface area is 113 Å². The Balaban J connectivity index is 2.36. The number of anilines is 1. The van der Waals surface area contributed by atoms with Crippen molar-refractivity contribution in [2.45, 2.75) is 19.6 Å². The van der Waals surface area contributed by atoms with Gasteiger partial charge in [0.25, 0.3) is 0 Å². The van der Waals surface area contributed by atoms with E-state index in [1.807, 2.05) is 31.2 Å². The normalized spacial score (nSPS) is 27.9. The quantitative estimate of drug-likeness (QED) is 0.798. The molecule has 18 heavy (non-hydrogen) atoms. The minimum Gasteiger partial charge on any atom is -0.497 e. The van der Waals surface area contributed by atoms with Crippen LogP contribution >= 0.6 is 12.2 Å². The molecule has 0 aromatic heterocycles. The van der Waals surface area contributed by atoms with Gasteiger partial charge in [-0.25, -0.2) is 0 Å². The van der Waals surface area contributed by atoms with Gasteiger partial charge in [0.2, 0.25) is 0 Å². The van der Waals surface area contributed by atoms with Crippen LogP contribution in [0.2, 0.25) is 0 Å². The van der Waals surface area contributed by atoms with Crippen LogP contribution in [0.4, 0.5) is 5.69 Å². The van der Waals surface area contributed by atoms with E-state index in [0.717, 1.165) is 11.4 Å². The maximum absolute atomic E-state index is 10.6. The van der Waals surface area contributed by atoms with E-state index < -0.39 is 5.72 Å². The van der Waals surface area contributed by atoms with Crippen molar-refractivity contribution >= 4 is 23.0 Å². The van der Waals surface area contributed by atoms with Crippen LogP contribution < -0.4 is 15.0 Å². The molecular weight excluding hydrogens is 248 g/mol. The Hall–Kier alpha value is -1.33. The number of hydrogen-bond acceptors (Lipinski definition) is 3. The van der Waals surface area contributed by atoms with E-state index >= 15 is 0 Å². The first-order valence-corrected chi connectivity index (χ1v) is 6.32. The SMILES string of the molecule is COc1ccc(N2C(=S)NCC(C)C2(C)O)cc1. The number of hydrogen-bond donors (Lipinski definition) is 2. The Morgan fingerprint density at radius 1 is 1.44 bits per heavy atom. The van der Waals surface area contributed by atoms with Crippen molar-refractivity contribution < 1.29 is 9.84 Å². The molecule has 1 aromatic rings. The number of benzene rings is 1. The minimum atomic E-state index is -0.989. The molecule has 1 aromatic carbocycles. The lowest BCUT2D eigenvalue weighted by Gasteiger charge is -2.46. The molecule has 2 atom stereocenters. The second kappa shape index (κ2) is 4.74. The molecule has 0 radical (unpaired) electrons. The zero-order valence-corrected chi connectivity index (χ0v) is 11.6. The van der Waals surface area contributed by atoms with Crippen LogP contribution in [-0.2, 0) is 0 Å². The van der Waals surface area contributed by atoms with Crippen molar-refractivity contribution in [2.24, 2.45) is 5.92 Å². The van der Waals surface area contributed by atoms with Crippen molar-refractivity contribution in [1.29, 1.82) is 0 Å². The van der Waals surface area contributed by atoms with Gasteiger partial charge in [0, 0.05) is 18.2 Å². The summed E-state index contributed by atoms with van der Waals surface area (Å²) in [6.45, 7) is 4.46. The van der Waals surface area contributed by atoms with Crippen molar-refractivity contribution in [1.82, 2.24) is 5.32 Å². The predicted molar refractivity (Wildman–Crippen MR) is 75.9 cm³/mol. The molecule has 0 bridgehead atoms. The van der Waals surface area contributed by atoms with Gasteiger partial charge in [-0.05, 0) is 43.4 Å². The third-order valence-corrected chi connectivity index (χ3v) is 3.81. The van der Waals surface area contributed by atoms with Crippen LogP contribution in [0, 0.1) is 5.92 Å². The maximum atomic E-state index is 10.6. The van der Waals surface area contributed by atoms with Gasteiger partial charge in [-0.1, -0.05) is 6.92 Å². The van der Waals surface area contributed by atoms with Crippen molar-refractivity contribution in [2.75, 3.05) is 18.6 Å². The maximum Gasteiger partial charge on any atom is 0.175 e. The average Bonchev–Trinajstić information content (AvgIpc) is 2.35. The smallest absolute Gasteiger partial charge is 0.175 e. The first kappa shape index (κ1) is 13.1. The molecule has 2 N–H and O–H groups in total. The van der Waals surface area contributed by atoms with Gasteiger partial charge in [-0.15, -0.1) is 0 Å². The van der Waals surface area contributed by atoms with E-state index in [1.165, 1.54) is 0 Å². The van der Waals surface area contributed by atoms with E-state index in [4.69, 9.17) is 17.0 Å². The van der Waals surface area contributed by atoms with E-state index in [9.17, 15) is 5.11 Å². The summed E-state index contributed by atoms with van der Waals surface area (Å²) in [4.78, 5) is 1.75. The molecule has 4 nitrogen and oxygen atoms in total. The van der Waals surface area contributed by atoms with Gasteiger partial charge in [-0.2, -0.15) is 0 Å². The van der Waals surface area contributed by atoms with Gasteiger partial charge in [0.1, 0.15) is 11.5 Å². The van der Waals surface area contributed by atoms with Crippen LogP contribution in [-0.4, -0.2) is 29.6 Å². The number of nitrogens with zero attached hydrogens (tertiary/aromatic N) is 1. The summed E-state index contributed by atoms with van der Waals surface area (Å²) in [6.07, 6.45) is 0. The zero-order valence-electron chi connectivity index (χ0n) is 10.8. The summed E-state index contributed by atoms with van der Waals surface area (Å²) >= 11 is 5.30. The molecule has 1 saturated heterocycles. The molecule has 1 heterocycles. The van der Waals surface area contributed by atoms with Crippen LogP contribution in [0.5, 0.6) is 5.75 Å². The molecule has 1 fully saturated rings. The third kappa shape index (κ3) is 2.15. The number of methoxy groups -OCH3 is 1. The summed E-state index contributed by atoms with van der Waals surface area (Å²) in [5.41, 5.74) is -0.137. The highest BCUT2D eigenvalue weighted by Gasteiger charge is 2.41. The molecule has 1 aliphatic heterocycles. The van der Waals surface area contributed by atoms with Gasteiger partial charge >= 0.3 is 0 Å². The lowest BCUT2D eigenvalue weighted by molar-refractivity contribution is 0.0100. The monoisotopic (exact) mass is 266 g/mol. The molecule has 2 rings (SSSR count). The van der Waals surface area contributed by atoms with Crippen LogP contribution in [0.25, 0.3) is 0 Å². The van der Waals surface area contributed by atoms with Gasteiger partial charge in [0.15, 0.2) is 5.11 Å². The molecule has 0 spiro atoms. The molecule has 1 aliphatic rings. The van der Waals surface area contributed by atoms with Crippen molar-refractivity contribution in [3.8, 4) is 5.75 Å². The van der Waals surface area contributed by atoms with E-state index in [2.05, 4.69) is 5.32 Å². The fourth-order valence-electron chi connectivity index (χ4n) is 2.05. The number of aliphatic hydroxyl groups is 1. The second-order valence-electron chi connectivity index (χ2n) is 4.71. The average molecular weight is 266 g/mol. The number of nitrogens with one attached hydrogen (secondary N) is 1. The summed E-state index contributed by atoms with van der Waals surface area (Å²) < 4.78 is 5.13. The van der Waals surface area contributed by atoms with Crippen molar-refractivity contribution in [3.63, 3.8) is 0 Å². The summed E-state index contributed by atoms with van der Waals surface area (Å²) in [5, 5.41) is 14.3. The minimum absolute atomic E-state index is 0.0753. The summed E-state index contributed by atoms with van der Waals surface area (Å²) in [7, 11) is 1.63. The van der Waals surface area contributed by atoms with E-state index in [-0.39, 0.29) is 5.92 Å². The topological polar surface area (TPSA) is 44.7 Å². The van der Waals surface area contributed by atoms with Crippen LogP contribution in [0.15, 0.2) is 24.3 Å². The molecule has 2 unspecified atom stereocenters. The van der Waals surface area contributed by atoms with Gasteiger partial charge in [0.05, 0.1) is 7.11 Å². The molecule has 98 valence electrons. The molecular formula is C13H18N2O2S. The molecule has 0 aliphatic carbocycles. The van der Waals surface area contributed by atoms with Crippen LogP contribution in [0.1, 0.15) is 13.8 Å². The Kier molecular flexibility index (Phi) is 3.45. The zero-order chi connectivity index (χ0) is 13.3. The van der Waals surface area contributed by atoms with Crippen LogP contribution in [0.3, 0.4) is 0 Å². The summed E-state index contributed by atoms with van der Waals surface area (Å²) in [5.74, 6) is 0.855. The fraction of sp³-hybridized carbons (Fsp3) is 0.462. The fourth-order valence-corrected chi connectivity index (χ4v) is 2.42. The largest absolute Gasteiger partial charge is 0.497 e. The third-order valence-electron chi connectivity index (χ3n) is 3.48. The Morgan fingerprint density at radius 3 is 2.61 bits per heavy atom. The molecule has 5 heteroatoms. The van der Waals surface area contributed by atoms with E-state index in [0.29, 0.717) is 11.7 Å². The number of thiocarbonyl (C=S) groups is 1. The highest BCUT2D eigenvalue weighted by molar-refractivity contribution is 7.80. The van der Waals surface area contributed by atoms with Gasteiger partial charge < -0.3 is 15.2 Å².